The minimum absolute atomic E-state index is 0.0241. The first-order chi connectivity index (χ1) is 8.74. The molecule has 1 saturated heterocycles. The normalized spacial score (nSPS) is 16.1. The highest BCUT2D eigenvalue weighted by Gasteiger charge is 2.20. The smallest absolute Gasteiger partial charge is 0.248 e. The zero-order valence-electron chi connectivity index (χ0n) is 11.5. The topological polar surface area (TPSA) is 46.6 Å². The van der Waals surface area contributed by atoms with Crippen LogP contribution in [-0.2, 0) is 14.3 Å². The summed E-state index contributed by atoms with van der Waals surface area (Å²) < 4.78 is 5.38. The number of Topliss-reactive ketones (excluding diaryl/α,β-unsaturated/α-hetero) is 1. The van der Waals surface area contributed by atoms with Crippen molar-refractivity contribution in [3.05, 3.63) is 0 Å². The number of carbonyl (C=O) groups is 2. The molecule has 0 atom stereocenters. The van der Waals surface area contributed by atoms with Crippen LogP contribution in [0.25, 0.3) is 0 Å². The van der Waals surface area contributed by atoms with Crippen LogP contribution in [0.4, 0.5) is 0 Å². The maximum absolute atomic E-state index is 11.7. The Morgan fingerprint density at radius 1 is 1.17 bits per heavy atom. The molecule has 0 unspecified atom stereocenters. The molecule has 0 bridgehead atoms. The van der Waals surface area contributed by atoms with E-state index in [9.17, 15) is 9.59 Å². The number of nitrogens with zero attached hydrogens (tertiary/aromatic N) is 1. The summed E-state index contributed by atoms with van der Waals surface area (Å²) in [5.74, 6) is 0.284. The Morgan fingerprint density at radius 3 is 2.50 bits per heavy atom. The summed E-state index contributed by atoms with van der Waals surface area (Å²) in [5, 5.41) is 0. The molecule has 1 fully saturated rings. The second kappa shape index (κ2) is 9.09. The van der Waals surface area contributed by atoms with Crippen molar-refractivity contribution in [2.75, 3.05) is 26.3 Å². The van der Waals surface area contributed by atoms with E-state index in [1.807, 2.05) is 0 Å². The Kier molecular flexibility index (Phi) is 7.65. The Balaban J connectivity index is 1.98. The first-order valence-electron chi connectivity index (χ1n) is 7.11. The summed E-state index contributed by atoms with van der Waals surface area (Å²) in [6.07, 6.45) is 6.99. The average molecular weight is 255 g/mol. The predicted octanol–water partition coefficient (Wildman–Crippen LogP) is 2.16. The van der Waals surface area contributed by atoms with Gasteiger partial charge in [-0.05, 0) is 6.42 Å². The van der Waals surface area contributed by atoms with Gasteiger partial charge in [0.1, 0.15) is 12.4 Å². The lowest BCUT2D eigenvalue weighted by Gasteiger charge is -2.25. The molecule has 1 aliphatic rings. The number of carbonyl (C=O) groups excluding carboxylic acids is 2. The number of amides is 1. The average Bonchev–Trinajstić information content (AvgIpc) is 2.38. The molecule has 1 heterocycles. The van der Waals surface area contributed by atoms with Gasteiger partial charge in [-0.2, -0.15) is 0 Å². The van der Waals surface area contributed by atoms with Gasteiger partial charge >= 0.3 is 0 Å². The number of ketones is 1. The molecule has 0 radical (unpaired) electrons. The molecule has 1 rings (SSSR count). The van der Waals surface area contributed by atoms with Gasteiger partial charge in [0.25, 0.3) is 0 Å². The Morgan fingerprint density at radius 2 is 1.83 bits per heavy atom. The highest BCUT2D eigenvalue weighted by Crippen LogP contribution is 2.06. The minimum Gasteiger partial charge on any atom is -0.372 e. The summed E-state index contributed by atoms with van der Waals surface area (Å²) in [5.41, 5.74) is 0. The number of hydrogen-bond acceptors (Lipinski definition) is 3. The molecule has 4 nitrogen and oxygen atoms in total. The van der Waals surface area contributed by atoms with Gasteiger partial charge in [-0.15, -0.1) is 0 Å². The van der Waals surface area contributed by atoms with Crippen LogP contribution in [0.5, 0.6) is 0 Å². The fourth-order valence-corrected chi connectivity index (χ4v) is 2.06. The van der Waals surface area contributed by atoms with Crippen molar-refractivity contribution in [3.8, 4) is 0 Å². The lowest BCUT2D eigenvalue weighted by atomic mass is 10.1. The Bertz CT molecular complexity index is 256. The van der Waals surface area contributed by atoms with Gasteiger partial charge in [0, 0.05) is 32.5 Å². The highest BCUT2D eigenvalue weighted by molar-refractivity contribution is 5.83. The number of unbranched alkanes of at least 4 members (excludes halogenated alkanes) is 4. The number of likely N-dealkylation sites (tertiary alicyclic amines) is 1. The van der Waals surface area contributed by atoms with Gasteiger partial charge in [0.15, 0.2) is 0 Å². The lowest BCUT2D eigenvalue weighted by molar-refractivity contribution is -0.138. The van der Waals surface area contributed by atoms with E-state index in [0.29, 0.717) is 32.5 Å². The fraction of sp³-hybridized carbons (Fsp3) is 0.857. The third-order valence-electron chi connectivity index (χ3n) is 3.29. The minimum atomic E-state index is 0.0241. The highest BCUT2D eigenvalue weighted by atomic mass is 16.5. The van der Waals surface area contributed by atoms with Crippen molar-refractivity contribution >= 4 is 11.7 Å². The van der Waals surface area contributed by atoms with Crippen LogP contribution in [-0.4, -0.2) is 42.9 Å². The second-order valence-electron chi connectivity index (χ2n) is 4.89. The van der Waals surface area contributed by atoms with Crippen LogP contribution in [0.3, 0.4) is 0 Å². The molecule has 0 N–H and O–H groups in total. The van der Waals surface area contributed by atoms with E-state index in [2.05, 4.69) is 6.92 Å². The SMILES string of the molecule is CCCCCCCOCC(=O)N1CCC(=O)CC1. The first kappa shape index (κ1) is 15.2. The van der Waals surface area contributed by atoms with Crippen molar-refractivity contribution in [1.29, 1.82) is 0 Å². The third-order valence-corrected chi connectivity index (χ3v) is 3.29. The zero-order chi connectivity index (χ0) is 13.2. The predicted molar refractivity (Wildman–Crippen MR) is 70.4 cm³/mol. The van der Waals surface area contributed by atoms with E-state index in [-0.39, 0.29) is 18.3 Å². The van der Waals surface area contributed by atoms with E-state index in [1.54, 1.807) is 4.90 Å². The molecule has 0 aliphatic carbocycles. The van der Waals surface area contributed by atoms with Gasteiger partial charge in [-0.1, -0.05) is 32.6 Å². The van der Waals surface area contributed by atoms with Crippen molar-refractivity contribution in [1.82, 2.24) is 4.90 Å². The Hall–Kier alpha value is -0.900. The molecule has 0 saturated carbocycles. The number of rotatable bonds is 8. The van der Waals surface area contributed by atoms with Gasteiger partial charge < -0.3 is 9.64 Å². The monoisotopic (exact) mass is 255 g/mol. The van der Waals surface area contributed by atoms with Crippen molar-refractivity contribution in [2.45, 2.75) is 51.9 Å². The van der Waals surface area contributed by atoms with Crippen molar-refractivity contribution < 1.29 is 14.3 Å². The summed E-state index contributed by atoms with van der Waals surface area (Å²) in [4.78, 5) is 24.5. The van der Waals surface area contributed by atoms with Crippen LogP contribution >= 0.6 is 0 Å². The lowest BCUT2D eigenvalue weighted by Crippen LogP contribution is -2.40. The molecule has 0 aromatic carbocycles. The van der Waals surface area contributed by atoms with Gasteiger partial charge in [-0.3, -0.25) is 9.59 Å². The van der Waals surface area contributed by atoms with Crippen molar-refractivity contribution in [2.24, 2.45) is 0 Å². The number of hydrogen-bond donors (Lipinski definition) is 0. The molecular formula is C14H25NO3. The van der Waals surface area contributed by atoms with Crippen LogP contribution < -0.4 is 0 Å². The fourth-order valence-electron chi connectivity index (χ4n) is 2.06. The summed E-state index contributed by atoms with van der Waals surface area (Å²) in [6.45, 7) is 4.16. The molecule has 0 aromatic heterocycles. The summed E-state index contributed by atoms with van der Waals surface area (Å²) in [6, 6.07) is 0. The summed E-state index contributed by atoms with van der Waals surface area (Å²) in [7, 11) is 0. The molecule has 4 heteroatoms. The maximum atomic E-state index is 11.7. The Labute approximate surface area is 110 Å². The van der Waals surface area contributed by atoms with Crippen LogP contribution in [0, 0.1) is 0 Å². The second-order valence-corrected chi connectivity index (χ2v) is 4.89. The third kappa shape index (κ3) is 6.15. The van der Waals surface area contributed by atoms with Crippen LogP contribution in [0.15, 0.2) is 0 Å². The first-order valence-corrected chi connectivity index (χ1v) is 7.11. The van der Waals surface area contributed by atoms with E-state index in [4.69, 9.17) is 4.74 Å². The molecule has 0 aromatic rings. The van der Waals surface area contributed by atoms with Crippen LogP contribution in [0.1, 0.15) is 51.9 Å². The summed E-state index contributed by atoms with van der Waals surface area (Å²) >= 11 is 0. The van der Waals surface area contributed by atoms with E-state index in [0.717, 1.165) is 6.42 Å². The molecule has 104 valence electrons. The molecule has 18 heavy (non-hydrogen) atoms. The maximum Gasteiger partial charge on any atom is 0.248 e. The van der Waals surface area contributed by atoms with Gasteiger partial charge in [0.05, 0.1) is 0 Å². The van der Waals surface area contributed by atoms with Gasteiger partial charge in [0.2, 0.25) is 5.91 Å². The standard InChI is InChI=1S/C14H25NO3/c1-2-3-4-5-6-11-18-12-14(17)15-9-7-13(16)8-10-15/h2-12H2,1H3. The van der Waals surface area contributed by atoms with E-state index >= 15 is 0 Å². The molecule has 1 aliphatic heterocycles. The van der Waals surface area contributed by atoms with E-state index < -0.39 is 0 Å². The number of ether oxygens (including phenoxy) is 1. The van der Waals surface area contributed by atoms with Crippen LogP contribution in [0.2, 0.25) is 0 Å². The zero-order valence-corrected chi connectivity index (χ0v) is 11.5. The largest absolute Gasteiger partial charge is 0.372 e. The molecular weight excluding hydrogens is 230 g/mol. The molecule has 1 amide bonds. The molecule has 0 spiro atoms. The quantitative estimate of drug-likeness (QED) is 0.624. The van der Waals surface area contributed by atoms with Gasteiger partial charge in [-0.25, -0.2) is 0 Å². The van der Waals surface area contributed by atoms with Crippen molar-refractivity contribution in [3.63, 3.8) is 0 Å². The number of piperidine rings is 1. The van der Waals surface area contributed by atoms with E-state index in [1.165, 1.54) is 25.7 Å².